The summed E-state index contributed by atoms with van der Waals surface area (Å²) in [6.07, 6.45) is 2.41. The van der Waals surface area contributed by atoms with E-state index in [0.29, 0.717) is 25.0 Å². The first-order valence-electron chi connectivity index (χ1n) is 11.4. The Labute approximate surface area is 205 Å². The van der Waals surface area contributed by atoms with Crippen molar-refractivity contribution in [1.29, 1.82) is 0 Å². The Kier molecular flexibility index (Phi) is 15.2. The van der Waals surface area contributed by atoms with Crippen LogP contribution in [0.2, 0.25) is 0 Å². The molecule has 0 bridgehead atoms. The summed E-state index contributed by atoms with van der Waals surface area (Å²) < 4.78 is 0. The van der Waals surface area contributed by atoms with Crippen molar-refractivity contribution in [2.24, 2.45) is 17.6 Å². The first-order valence-corrected chi connectivity index (χ1v) is 12.8. The normalized spacial score (nSPS) is 15.5. The van der Waals surface area contributed by atoms with E-state index < -0.39 is 60.2 Å². The van der Waals surface area contributed by atoms with Crippen LogP contribution in [0.25, 0.3) is 0 Å². The minimum absolute atomic E-state index is 0.195. The first-order chi connectivity index (χ1) is 15.8. The maximum atomic E-state index is 13.0. The molecule has 0 heterocycles. The Balaban J connectivity index is 5.51. The van der Waals surface area contributed by atoms with E-state index in [-0.39, 0.29) is 18.3 Å². The van der Waals surface area contributed by atoms with Crippen molar-refractivity contribution in [3.8, 4) is 0 Å². The number of nitrogens with one attached hydrogen (secondary N) is 3. The Hall–Kier alpha value is -2.34. The van der Waals surface area contributed by atoms with Gasteiger partial charge in [0.15, 0.2) is 0 Å². The number of carboxylic acid groups (broad SMARTS) is 2. The minimum atomic E-state index is -1.41. The lowest BCUT2D eigenvalue weighted by Crippen LogP contribution is -2.58. The van der Waals surface area contributed by atoms with Gasteiger partial charge < -0.3 is 31.9 Å². The Morgan fingerprint density at radius 3 is 1.94 bits per heavy atom. The zero-order chi connectivity index (χ0) is 26.4. The second-order valence-electron chi connectivity index (χ2n) is 8.78. The van der Waals surface area contributed by atoms with Gasteiger partial charge in [-0.1, -0.05) is 34.1 Å². The van der Waals surface area contributed by atoms with Gasteiger partial charge in [-0.25, -0.2) is 4.79 Å². The lowest BCUT2D eigenvalue weighted by Gasteiger charge is -2.28. The molecule has 5 unspecified atom stereocenters. The maximum Gasteiger partial charge on any atom is 0.326 e. The molecule has 7 N–H and O–H groups in total. The van der Waals surface area contributed by atoms with Gasteiger partial charge in [0.1, 0.15) is 18.1 Å². The molecular formula is C22H40N4O7S. The fourth-order valence-corrected chi connectivity index (χ4v) is 3.61. The van der Waals surface area contributed by atoms with E-state index in [4.69, 9.17) is 10.8 Å². The summed E-state index contributed by atoms with van der Waals surface area (Å²) >= 11 is 1.49. The molecule has 11 nitrogen and oxygen atoms in total. The number of thioether (sulfide) groups is 1. The topological polar surface area (TPSA) is 188 Å². The van der Waals surface area contributed by atoms with Crippen molar-refractivity contribution in [2.45, 2.75) is 84.0 Å². The second kappa shape index (κ2) is 16.3. The van der Waals surface area contributed by atoms with Crippen LogP contribution in [0.15, 0.2) is 0 Å². The van der Waals surface area contributed by atoms with Crippen LogP contribution in [0.3, 0.4) is 0 Å². The van der Waals surface area contributed by atoms with Crippen molar-refractivity contribution in [3.63, 3.8) is 0 Å². The van der Waals surface area contributed by atoms with Gasteiger partial charge in [-0.15, -0.1) is 0 Å². The van der Waals surface area contributed by atoms with Crippen LogP contribution in [-0.4, -0.2) is 76.0 Å². The zero-order valence-electron chi connectivity index (χ0n) is 20.6. The average molecular weight is 505 g/mol. The molecule has 0 aliphatic carbocycles. The van der Waals surface area contributed by atoms with Crippen LogP contribution in [0, 0.1) is 11.8 Å². The van der Waals surface area contributed by atoms with E-state index >= 15 is 0 Å². The summed E-state index contributed by atoms with van der Waals surface area (Å²) in [7, 11) is 0. The van der Waals surface area contributed by atoms with Gasteiger partial charge in [-0.3, -0.25) is 19.2 Å². The number of aliphatic carboxylic acids is 2. The molecule has 0 radical (unpaired) electrons. The summed E-state index contributed by atoms with van der Waals surface area (Å²) in [6.45, 7) is 7.40. The largest absolute Gasteiger partial charge is 0.481 e. The number of rotatable bonds is 17. The van der Waals surface area contributed by atoms with E-state index in [1.807, 2.05) is 27.0 Å². The zero-order valence-corrected chi connectivity index (χ0v) is 21.4. The van der Waals surface area contributed by atoms with Crippen LogP contribution in [0.1, 0.15) is 59.8 Å². The van der Waals surface area contributed by atoms with Crippen molar-refractivity contribution < 1.29 is 34.2 Å². The molecule has 0 aromatic carbocycles. The summed E-state index contributed by atoms with van der Waals surface area (Å²) in [6, 6.07) is -4.17. The molecule has 0 rings (SSSR count). The fourth-order valence-electron chi connectivity index (χ4n) is 3.14. The van der Waals surface area contributed by atoms with Gasteiger partial charge in [-0.05, 0) is 43.1 Å². The van der Waals surface area contributed by atoms with Gasteiger partial charge in [0.25, 0.3) is 0 Å². The molecule has 0 spiro atoms. The van der Waals surface area contributed by atoms with Gasteiger partial charge >= 0.3 is 11.9 Å². The number of nitrogens with two attached hydrogens (primary N) is 1. The van der Waals surface area contributed by atoms with Crippen LogP contribution in [0.4, 0.5) is 0 Å². The van der Waals surface area contributed by atoms with Crippen molar-refractivity contribution in [2.75, 3.05) is 12.0 Å². The van der Waals surface area contributed by atoms with Crippen molar-refractivity contribution in [3.05, 3.63) is 0 Å². The highest BCUT2D eigenvalue weighted by atomic mass is 32.2. The summed E-state index contributed by atoms with van der Waals surface area (Å²) in [5.41, 5.74) is 5.94. The van der Waals surface area contributed by atoms with E-state index in [1.165, 1.54) is 11.8 Å². The molecule has 0 aliphatic heterocycles. The first kappa shape index (κ1) is 31.7. The van der Waals surface area contributed by atoms with Crippen molar-refractivity contribution in [1.82, 2.24) is 16.0 Å². The molecule has 12 heteroatoms. The standard InChI is InChI=1S/C22H40N4O7S/c1-6-13(4)18(21(31)25-16(22(32)33)7-8-17(27)28)26-20(30)15(9-10-34-5)24-19(29)14(23)11-12(2)3/h12-16,18H,6-11,23H2,1-5H3,(H,24,29)(H,25,31)(H,26,30)(H,27,28)(H,32,33). The molecule has 5 atom stereocenters. The van der Waals surface area contributed by atoms with Crippen LogP contribution < -0.4 is 21.7 Å². The molecule has 0 saturated heterocycles. The molecular weight excluding hydrogens is 464 g/mol. The highest BCUT2D eigenvalue weighted by molar-refractivity contribution is 7.98. The van der Waals surface area contributed by atoms with Crippen LogP contribution >= 0.6 is 11.8 Å². The fraction of sp³-hybridized carbons (Fsp3) is 0.773. The third-order valence-electron chi connectivity index (χ3n) is 5.36. The quantitative estimate of drug-likeness (QED) is 0.164. The third kappa shape index (κ3) is 12.2. The van der Waals surface area contributed by atoms with E-state index in [0.717, 1.165) is 0 Å². The number of carbonyl (C=O) groups excluding carboxylic acids is 3. The Morgan fingerprint density at radius 2 is 1.47 bits per heavy atom. The molecule has 0 saturated carbocycles. The minimum Gasteiger partial charge on any atom is -0.481 e. The number of carbonyl (C=O) groups is 5. The molecule has 0 fully saturated rings. The Morgan fingerprint density at radius 1 is 0.882 bits per heavy atom. The SMILES string of the molecule is CCC(C)C(NC(=O)C(CCSC)NC(=O)C(N)CC(C)C)C(=O)NC(CCC(=O)O)C(=O)O. The van der Waals surface area contributed by atoms with Gasteiger partial charge in [0.05, 0.1) is 6.04 Å². The Bertz CT molecular complexity index is 705. The van der Waals surface area contributed by atoms with E-state index in [1.54, 1.807) is 6.92 Å². The van der Waals surface area contributed by atoms with Crippen LogP contribution in [0.5, 0.6) is 0 Å². The maximum absolute atomic E-state index is 13.0. The predicted molar refractivity (Wildman–Crippen MR) is 130 cm³/mol. The molecule has 3 amide bonds. The summed E-state index contributed by atoms with van der Waals surface area (Å²) in [4.78, 5) is 60.7. The number of amides is 3. The third-order valence-corrected chi connectivity index (χ3v) is 6.00. The monoisotopic (exact) mass is 504 g/mol. The second-order valence-corrected chi connectivity index (χ2v) is 9.77. The smallest absolute Gasteiger partial charge is 0.326 e. The highest BCUT2D eigenvalue weighted by Gasteiger charge is 2.32. The molecule has 0 aliphatic rings. The van der Waals surface area contributed by atoms with Gasteiger partial charge in [0.2, 0.25) is 17.7 Å². The lowest BCUT2D eigenvalue weighted by atomic mass is 9.97. The summed E-state index contributed by atoms with van der Waals surface area (Å²) in [5.74, 6) is -3.89. The lowest BCUT2D eigenvalue weighted by molar-refractivity contribution is -0.143. The predicted octanol–water partition coefficient (Wildman–Crippen LogP) is 0.563. The van der Waals surface area contributed by atoms with Crippen molar-refractivity contribution >= 4 is 41.4 Å². The van der Waals surface area contributed by atoms with E-state index in [2.05, 4.69) is 16.0 Å². The van der Waals surface area contributed by atoms with Gasteiger partial charge in [-0.2, -0.15) is 11.8 Å². The molecule has 196 valence electrons. The number of hydrogen-bond donors (Lipinski definition) is 6. The van der Waals surface area contributed by atoms with Crippen LogP contribution in [-0.2, 0) is 24.0 Å². The number of carboxylic acids is 2. The average Bonchev–Trinajstić information content (AvgIpc) is 2.75. The van der Waals surface area contributed by atoms with Gasteiger partial charge in [0, 0.05) is 6.42 Å². The molecule has 34 heavy (non-hydrogen) atoms. The molecule has 0 aromatic heterocycles. The summed E-state index contributed by atoms with van der Waals surface area (Å²) in [5, 5.41) is 25.8. The number of hydrogen-bond acceptors (Lipinski definition) is 7. The molecule has 0 aromatic rings. The van der Waals surface area contributed by atoms with E-state index in [9.17, 15) is 29.1 Å². The highest BCUT2D eigenvalue weighted by Crippen LogP contribution is 2.11.